The normalized spacial score (nSPS) is 12.2. The predicted octanol–water partition coefficient (Wildman–Crippen LogP) is 0.997. The number of hydrogen-bond acceptors (Lipinski definition) is 4. The molecule has 1 rings (SSSR count). The lowest BCUT2D eigenvalue weighted by molar-refractivity contribution is 0.100. The van der Waals surface area contributed by atoms with Gasteiger partial charge in [0.15, 0.2) is 0 Å². The van der Waals surface area contributed by atoms with E-state index in [1.807, 2.05) is 11.9 Å². The molecule has 0 saturated carbocycles. The zero-order valence-electron chi connectivity index (χ0n) is 9.90. The van der Waals surface area contributed by atoms with Crippen molar-refractivity contribution in [3.63, 3.8) is 0 Å². The van der Waals surface area contributed by atoms with E-state index in [1.54, 1.807) is 6.07 Å². The number of nitrogens with zero attached hydrogens (tertiary/aromatic N) is 2. The van der Waals surface area contributed by atoms with Crippen molar-refractivity contribution in [2.45, 2.75) is 26.3 Å². The molecule has 1 aromatic heterocycles. The van der Waals surface area contributed by atoms with Gasteiger partial charge in [-0.3, -0.25) is 4.79 Å². The van der Waals surface area contributed by atoms with Gasteiger partial charge in [-0.1, -0.05) is 6.92 Å². The second-order valence-electron chi connectivity index (χ2n) is 3.87. The highest BCUT2D eigenvalue weighted by Crippen LogP contribution is 2.20. The topological polar surface area (TPSA) is 85.2 Å². The van der Waals surface area contributed by atoms with E-state index in [9.17, 15) is 4.79 Å². The molecule has 0 aliphatic rings. The maximum absolute atomic E-state index is 11.3. The Bertz CT molecular complexity index is 392. The van der Waals surface area contributed by atoms with E-state index in [-0.39, 0.29) is 6.04 Å². The summed E-state index contributed by atoms with van der Waals surface area (Å²) in [7, 11) is 1.89. The summed E-state index contributed by atoms with van der Waals surface area (Å²) in [6.45, 7) is 4.13. The Kier molecular flexibility index (Phi) is 3.71. The van der Waals surface area contributed by atoms with Crippen molar-refractivity contribution in [2.24, 2.45) is 5.73 Å². The highest BCUT2D eigenvalue weighted by atomic mass is 16.1. The molecule has 0 spiro atoms. The van der Waals surface area contributed by atoms with Crippen molar-refractivity contribution >= 4 is 17.4 Å². The molecule has 0 aliphatic heterocycles. The zero-order valence-corrected chi connectivity index (χ0v) is 9.90. The molecule has 1 heterocycles. The van der Waals surface area contributed by atoms with Gasteiger partial charge >= 0.3 is 0 Å². The number of anilines is 2. The first-order chi connectivity index (χ1) is 7.47. The Balaban J connectivity index is 3.17. The first-order valence-corrected chi connectivity index (χ1v) is 5.25. The van der Waals surface area contributed by atoms with Crippen LogP contribution in [0.5, 0.6) is 0 Å². The highest BCUT2D eigenvalue weighted by Gasteiger charge is 2.17. The minimum absolute atomic E-state index is 0.286. The van der Waals surface area contributed by atoms with Crippen LogP contribution in [0.4, 0.5) is 11.5 Å². The van der Waals surface area contributed by atoms with Crippen LogP contribution in [-0.2, 0) is 0 Å². The monoisotopic (exact) mass is 222 g/mol. The molecule has 0 fully saturated rings. The van der Waals surface area contributed by atoms with Crippen LogP contribution in [0.2, 0.25) is 0 Å². The first-order valence-electron chi connectivity index (χ1n) is 5.25. The van der Waals surface area contributed by atoms with Gasteiger partial charge in [0.2, 0.25) is 0 Å². The first kappa shape index (κ1) is 12.3. The average Bonchev–Trinajstić information content (AvgIpc) is 2.26. The van der Waals surface area contributed by atoms with Crippen LogP contribution in [0.25, 0.3) is 0 Å². The molecular formula is C11H18N4O. The fourth-order valence-corrected chi connectivity index (χ4v) is 1.42. The second-order valence-corrected chi connectivity index (χ2v) is 3.87. The van der Waals surface area contributed by atoms with Gasteiger partial charge in [-0.15, -0.1) is 0 Å². The van der Waals surface area contributed by atoms with E-state index in [4.69, 9.17) is 11.5 Å². The summed E-state index contributed by atoms with van der Waals surface area (Å²) in [6.07, 6.45) is 2.49. The standard InChI is InChI=1S/C11H18N4O/c1-4-7(2)15(3)11-9(10(13)16)5-8(12)6-14-11/h5-7H,4,12H2,1-3H3,(H2,13,16). The Morgan fingerprint density at radius 1 is 1.62 bits per heavy atom. The molecule has 0 aliphatic carbocycles. The van der Waals surface area contributed by atoms with Crippen LogP contribution in [-0.4, -0.2) is 24.0 Å². The van der Waals surface area contributed by atoms with Gasteiger partial charge in [0.05, 0.1) is 17.4 Å². The molecule has 16 heavy (non-hydrogen) atoms. The van der Waals surface area contributed by atoms with Crippen molar-refractivity contribution in [3.05, 3.63) is 17.8 Å². The Morgan fingerprint density at radius 3 is 2.75 bits per heavy atom. The Labute approximate surface area is 95.4 Å². The van der Waals surface area contributed by atoms with Crippen molar-refractivity contribution in [2.75, 3.05) is 17.7 Å². The van der Waals surface area contributed by atoms with E-state index in [0.717, 1.165) is 6.42 Å². The Morgan fingerprint density at radius 2 is 2.25 bits per heavy atom. The van der Waals surface area contributed by atoms with Crippen molar-refractivity contribution in [1.82, 2.24) is 4.98 Å². The fourth-order valence-electron chi connectivity index (χ4n) is 1.42. The molecule has 0 radical (unpaired) electrons. The third-order valence-corrected chi connectivity index (χ3v) is 2.74. The molecule has 1 unspecified atom stereocenters. The maximum Gasteiger partial charge on any atom is 0.252 e. The van der Waals surface area contributed by atoms with Gasteiger partial charge in [-0.2, -0.15) is 0 Å². The number of nitrogen functional groups attached to an aromatic ring is 1. The number of carbonyl (C=O) groups excluding carboxylic acids is 1. The smallest absolute Gasteiger partial charge is 0.252 e. The molecule has 4 N–H and O–H groups in total. The third-order valence-electron chi connectivity index (χ3n) is 2.74. The highest BCUT2D eigenvalue weighted by molar-refractivity contribution is 5.98. The van der Waals surface area contributed by atoms with Crippen LogP contribution in [0.1, 0.15) is 30.6 Å². The fraction of sp³-hybridized carbons (Fsp3) is 0.455. The van der Waals surface area contributed by atoms with Crippen LogP contribution < -0.4 is 16.4 Å². The van der Waals surface area contributed by atoms with Crippen molar-refractivity contribution < 1.29 is 4.79 Å². The lowest BCUT2D eigenvalue weighted by Gasteiger charge is -2.26. The number of hydrogen-bond donors (Lipinski definition) is 2. The summed E-state index contributed by atoms with van der Waals surface area (Å²) >= 11 is 0. The van der Waals surface area contributed by atoms with Gasteiger partial charge in [0, 0.05) is 13.1 Å². The van der Waals surface area contributed by atoms with Gasteiger partial charge in [0.25, 0.3) is 5.91 Å². The summed E-state index contributed by atoms with van der Waals surface area (Å²) in [4.78, 5) is 17.4. The van der Waals surface area contributed by atoms with Gasteiger partial charge < -0.3 is 16.4 Å². The van der Waals surface area contributed by atoms with E-state index in [2.05, 4.69) is 18.8 Å². The molecule has 0 aromatic carbocycles. The summed E-state index contributed by atoms with van der Waals surface area (Å²) in [6, 6.07) is 1.85. The Hall–Kier alpha value is -1.78. The zero-order chi connectivity index (χ0) is 12.3. The van der Waals surface area contributed by atoms with Crippen LogP contribution >= 0.6 is 0 Å². The van der Waals surface area contributed by atoms with Gasteiger partial charge in [-0.25, -0.2) is 4.98 Å². The third kappa shape index (κ3) is 2.42. The lowest BCUT2D eigenvalue weighted by Crippen LogP contribution is -2.31. The number of carbonyl (C=O) groups is 1. The second kappa shape index (κ2) is 4.83. The molecule has 1 atom stereocenters. The SMILES string of the molecule is CCC(C)N(C)c1ncc(N)cc1C(N)=O. The molecule has 1 amide bonds. The quantitative estimate of drug-likeness (QED) is 0.795. The van der Waals surface area contributed by atoms with Crippen LogP contribution in [0, 0.1) is 0 Å². The minimum Gasteiger partial charge on any atom is -0.397 e. The van der Waals surface area contributed by atoms with E-state index in [1.165, 1.54) is 6.20 Å². The van der Waals surface area contributed by atoms with E-state index < -0.39 is 5.91 Å². The molecular weight excluding hydrogens is 204 g/mol. The summed E-state index contributed by atoms with van der Waals surface area (Å²) < 4.78 is 0. The van der Waals surface area contributed by atoms with Crippen molar-refractivity contribution in [3.8, 4) is 0 Å². The predicted molar refractivity (Wildman–Crippen MR) is 65.3 cm³/mol. The summed E-state index contributed by atoms with van der Waals surface area (Å²) in [5.74, 6) is 0.0704. The number of amides is 1. The maximum atomic E-state index is 11.3. The van der Waals surface area contributed by atoms with Crippen LogP contribution in [0.3, 0.4) is 0 Å². The van der Waals surface area contributed by atoms with Crippen molar-refractivity contribution in [1.29, 1.82) is 0 Å². The van der Waals surface area contributed by atoms with E-state index >= 15 is 0 Å². The molecule has 5 heteroatoms. The van der Waals surface area contributed by atoms with Gasteiger partial charge in [-0.05, 0) is 19.4 Å². The molecule has 5 nitrogen and oxygen atoms in total. The molecule has 88 valence electrons. The summed E-state index contributed by atoms with van der Waals surface area (Å²) in [5, 5.41) is 0. The van der Waals surface area contributed by atoms with Gasteiger partial charge in [0.1, 0.15) is 5.82 Å². The average molecular weight is 222 g/mol. The molecule has 0 bridgehead atoms. The number of rotatable bonds is 4. The number of primary amides is 1. The lowest BCUT2D eigenvalue weighted by atomic mass is 10.1. The number of aromatic nitrogens is 1. The summed E-state index contributed by atoms with van der Waals surface area (Å²) in [5.41, 5.74) is 11.7. The largest absolute Gasteiger partial charge is 0.397 e. The minimum atomic E-state index is -0.509. The molecule has 1 aromatic rings. The number of pyridine rings is 1. The van der Waals surface area contributed by atoms with E-state index in [0.29, 0.717) is 17.1 Å². The van der Waals surface area contributed by atoms with Crippen LogP contribution in [0.15, 0.2) is 12.3 Å². The number of nitrogens with two attached hydrogens (primary N) is 2. The molecule has 0 saturated heterocycles.